The van der Waals surface area contributed by atoms with Gasteiger partial charge in [-0.15, -0.1) is 0 Å². The van der Waals surface area contributed by atoms with Crippen LogP contribution in [0.3, 0.4) is 0 Å². The Morgan fingerprint density at radius 1 is 0.657 bits per heavy atom. The van der Waals surface area contributed by atoms with Crippen LogP contribution >= 0.6 is 8.58 Å². The molecule has 1 atom stereocenters. The van der Waals surface area contributed by atoms with E-state index in [0.717, 1.165) is 27.6 Å². The molecule has 4 nitrogen and oxygen atoms in total. The number of hydrogen-bond donors (Lipinski definition) is 0. The minimum atomic E-state index is -0.450. The van der Waals surface area contributed by atoms with E-state index in [1.54, 1.807) is 0 Å². The number of carbonyl (C=O) groups excluding carboxylic acids is 1. The van der Waals surface area contributed by atoms with Gasteiger partial charge in [0.2, 0.25) is 0 Å². The maximum absolute atomic E-state index is 13.7. The Labute approximate surface area is 226 Å². The molecule has 0 N–H and O–H groups in total. The minimum absolute atomic E-state index is 0. The summed E-state index contributed by atoms with van der Waals surface area (Å²) in [5.74, 6) is 1.91. The SMILES string of the molecule is Cc1cc(C)c(C(=O)Pc2c(OC(C)(C)C)cc(OC(C)(C)C)cc2OC(C)(C)C)c(C)c1C.[Li]. The van der Waals surface area contributed by atoms with Crippen LogP contribution in [-0.4, -0.2) is 41.2 Å². The number of benzene rings is 2. The summed E-state index contributed by atoms with van der Waals surface area (Å²) >= 11 is 0. The maximum atomic E-state index is 13.7. The van der Waals surface area contributed by atoms with E-state index in [9.17, 15) is 4.79 Å². The smallest absolute Gasteiger partial charge is 0.186 e. The molecular weight excluding hydrogens is 450 g/mol. The van der Waals surface area contributed by atoms with Crippen LogP contribution in [0.4, 0.5) is 0 Å². The molecular formula is C29H43LiO4P. The van der Waals surface area contributed by atoms with Gasteiger partial charge in [-0.3, -0.25) is 4.79 Å². The molecule has 0 aliphatic carbocycles. The van der Waals surface area contributed by atoms with Gasteiger partial charge in [-0.05, 0) is 121 Å². The van der Waals surface area contributed by atoms with Crippen molar-refractivity contribution in [3.63, 3.8) is 0 Å². The summed E-state index contributed by atoms with van der Waals surface area (Å²) in [5, 5.41) is 0.771. The van der Waals surface area contributed by atoms with Crippen LogP contribution in [0.15, 0.2) is 18.2 Å². The van der Waals surface area contributed by atoms with Crippen molar-refractivity contribution in [2.45, 2.75) is 107 Å². The molecule has 0 fully saturated rings. The monoisotopic (exact) mass is 493 g/mol. The number of rotatable bonds is 6. The first-order valence-corrected chi connectivity index (χ1v) is 12.9. The second-order valence-corrected chi connectivity index (χ2v) is 13.2. The van der Waals surface area contributed by atoms with E-state index in [0.29, 0.717) is 17.2 Å². The van der Waals surface area contributed by atoms with E-state index < -0.39 is 11.2 Å². The predicted molar refractivity (Wildman–Crippen MR) is 151 cm³/mol. The van der Waals surface area contributed by atoms with Gasteiger partial charge in [-0.2, -0.15) is 0 Å². The topological polar surface area (TPSA) is 44.8 Å². The first kappa shape index (κ1) is 31.6. The number of hydrogen-bond acceptors (Lipinski definition) is 4. The zero-order valence-electron chi connectivity index (χ0n) is 24.4. The van der Waals surface area contributed by atoms with Gasteiger partial charge in [0.25, 0.3) is 0 Å². The summed E-state index contributed by atoms with van der Waals surface area (Å²) < 4.78 is 18.9. The molecule has 1 radical (unpaired) electrons. The van der Waals surface area contributed by atoms with Gasteiger partial charge in [0.15, 0.2) is 5.52 Å². The summed E-state index contributed by atoms with van der Waals surface area (Å²) in [4.78, 5) is 13.7. The minimum Gasteiger partial charge on any atom is -0.488 e. The van der Waals surface area contributed by atoms with Gasteiger partial charge in [0.05, 0.1) is 5.30 Å². The van der Waals surface area contributed by atoms with Crippen LogP contribution in [0.25, 0.3) is 0 Å². The molecule has 2 aromatic rings. The Bertz CT molecular complexity index is 1030. The van der Waals surface area contributed by atoms with E-state index >= 15 is 0 Å². The van der Waals surface area contributed by atoms with Crippen LogP contribution in [0.1, 0.15) is 94.9 Å². The van der Waals surface area contributed by atoms with Crippen LogP contribution in [0.5, 0.6) is 17.2 Å². The van der Waals surface area contributed by atoms with E-state index in [4.69, 9.17) is 14.2 Å². The molecule has 0 aliphatic heterocycles. The third kappa shape index (κ3) is 9.17. The van der Waals surface area contributed by atoms with Crippen molar-refractivity contribution >= 4 is 38.3 Å². The quantitative estimate of drug-likeness (QED) is 0.315. The Morgan fingerprint density at radius 3 is 1.49 bits per heavy atom. The summed E-state index contributed by atoms with van der Waals surface area (Å²) in [5.41, 5.74) is 3.99. The second kappa shape index (κ2) is 11.3. The van der Waals surface area contributed by atoms with Crippen molar-refractivity contribution in [1.29, 1.82) is 0 Å². The fourth-order valence-electron chi connectivity index (χ4n) is 3.73. The first-order chi connectivity index (χ1) is 15.3. The van der Waals surface area contributed by atoms with Crippen LogP contribution in [0, 0.1) is 27.7 Å². The van der Waals surface area contributed by atoms with Crippen LogP contribution in [-0.2, 0) is 0 Å². The van der Waals surface area contributed by atoms with Gasteiger partial charge < -0.3 is 14.2 Å². The number of ether oxygens (including phenoxy) is 3. The Morgan fingerprint density at radius 2 is 1.09 bits per heavy atom. The molecule has 189 valence electrons. The van der Waals surface area contributed by atoms with Crippen molar-refractivity contribution in [2.75, 3.05) is 0 Å². The third-order valence-electron chi connectivity index (χ3n) is 5.12. The average Bonchev–Trinajstić information content (AvgIpc) is 2.58. The fraction of sp³-hybridized carbons (Fsp3) is 0.552. The van der Waals surface area contributed by atoms with E-state index in [1.165, 1.54) is 5.56 Å². The Kier molecular flexibility index (Phi) is 10.2. The van der Waals surface area contributed by atoms with Gasteiger partial charge in [0, 0.05) is 36.6 Å². The molecule has 0 heterocycles. The first-order valence-electron chi connectivity index (χ1n) is 11.9. The van der Waals surface area contributed by atoms with Gasteiger partial charge in [-0.1, -0.05) is 6.07 Å². The molecule has 0 amide bonds. The Balaban J connectivity index is 0.00000612. The molecule has 6 heteroatoms. The van der Waals surface area contributed by atoms with Gasteiger partial charge >= 0.3 is 0 Å². The van der Waals surface area contributed by atoms with Gasteiger partial charge in [0.1, 0.15) is 34.1 Å². The molecule has 0 saturated heterocycles. The van der Waals surface area contributed by atoms with E-state index in [-0.39, 0.29) is 38.6 Å². The van der Waals surface area contributed by atoms with E-state index in [1.807, 2.05) is 88.3 Å². The van der Waals surface area contributed by atoms with Gasteiger partial charge in [-0.25, -0.2) is 0 Å². The van der Waals surface area contributed by atoms with Crippen LogP contribution < -0.4 is 19.5 Å². The molecule has 2 rings (SSSR count). The molecule has 35 heavy (non-hydrogen) atoms. The summed E-state index contributed by atoms with van der Waals surface area (Å²) in [7, 11) is -0.149. The normalized spacial score (nSPS) is 12.5. The second-order valence-electron chi connectivity index (χ2n) is 12.0. The molecule has 1 unspecified atom stereocenters. The number of carbonyl (C=O) groups is 1. The average molecular weight is 494 g/mol. The summed E-state index contributed by atoms with van der Waals surface area (Å²) in [6, 6.07) is 5.88. The zero-order valence-corrected chi connectivity index (χ0v) is 25.4. The van der Waals surface area contributed by atoms with E-state index in [2.05, 4.69) is 19.9 Å². The largest absolute Gasteiger partial charge is 0.488 e. The predicted octanol–water partition coefficient (Wildman–Crippen LogP) is 7.22. The molecule has 0 aromatic heterocycles. The fourth-order valence-corrected chi connectivity index (χ4v) is 4.96. The van der Waals surface area contributed by atoms with Crippen LogP contribution in [0.2, 0.25) is 0 Å². The van der Waals surface area contributed by atoms with Crippen molar-refractivity contribution in [2.24, 2.45) is 0 Å². The maximum Gasteiger partial charge on any atom is 0.186 e. The van der Waals surface area contributed by atoms with Crippen molar-refractivity contribution in [1.82, 2.24) is 0 Å². The molecule has 0 aliphatic rings. The van der Waals surface area contributed by atoms with Crippen molar-refractivity contribution < 1.29 is 19.0 Å². The van der Waals surface area contributed by atoms with Crippen molar-refractivity contribution in [3.05, 3.63) is 46.0 Å². The standard InChI is InChI=1S/C29H43O4P.Li/c1-17-14-18(2)24(20(4)19(17)3)26(30)34-25-22(32-28(8,9)10)15-21(31-27(5,6)7)16-23(25)33-29(11,12)13;/h14-16,34H,1-13H3;. The number of aryl methyl sites for hydroxylation is 2. The molecule has 0 spiro atoms. The Hall–Kier alpha value is -1.46. The van der Waals surface area contributed by atoms with Crippen molar-refractivity contribution in [3.8, 4) is 17.2 Å². The molecule has 2 aromatic carbocycles. The molecule has 0 saturated carbocycles. The molecule has 0 bridgehead atoms. The summed E-state index contributed by atoms with van der Waals surface area (Å²) in [6.45, 7) is 26.2. The zero-order chi connectivity index (χ0) is 26.2. The summed E-state index contributed by atoms with van der Waals surface area (Å²) in [6.07, 6.45) is 0. The third-order valence-corrected chi connectivity index (χ3v) is 6.34.